The third-order valence-electron chi connectivity index (χ3n) is 8.27. The maximum Gasteiger partial charge on any atom is 0.317 e. The molecule has 212 valence electrons. The number of hydrogen-bond donors (Lipinski definition) is 3. The molecule has 3 aromatic carbocycles. The van der Waals surface area contributed by atoms with Gasteiger partial charge in [-0.05, 0) is 85.1 Å². The Hall–Kier alpha value is -3.92. The number of ketones is 1. The summed E-state index contributed by atoms with van der Waals surface area (Å²) < 4.78 is 0.833. The Labute approximate surface area is 242 Å². The fourth-order valence-electron chi connectivity index (χ4n) is 6.06. The number of nitrogens with zero attached hydrogens (tertiary/aromatic N) is 3. The first-order valence-electron chi connectivity index (χ1n) is 14.0. The molecule has 3 heterocycles. The highest BCUT2D eigenvalue weighted by molar-refractivity contribution is 7.22. The van der Waals surface area contributed by atoms with Crippen LogP contribution in [0.3, 0.4) is 0 Å². The van der Waals surface area contributed by atoms with Gasteiger partial charge in [0, 0.05) is 77.1 Å². The zero-order valence-corrected chi connectivity index (χ0v) is 23.5. The van der Waals surface area contributed by atoms with Crippen molar-refractivity contribution in [1.82, 2.24) is 9.80 Å². The van der Waals surface area contributed by atoms with Gasteiger partial charge >= 0.3 is 5.97 Å². The smallest absolute Gasteiger partial charge is 0.317 e. The zero-order valence-electron chi connectivity index (χ0n) is 22.7. The van der Waals surface area contributed by atoms with Crippen molar-refractivity contribution < 1.29 is 24.9 Å². The van der Waals surface area contributed by atoms with Crippen LogP contribution in [-0.4, -0.2) is 88.7 Å². The zero-order chi connectivity index (χ0) is 28.5. The van der Waals surface area contributed by atoms with Crippen molar-refractivity contribution in [3.63, 3.8) is 0 Å². The first-order valence-corrected chi connectivity index (χ1v) is 14.8. The fraction of sp³-hybridized carbons (Fsp3) is 0.312. The number of rotatable bonds is 7. The summed E-state index contributed by atoms with van der Waals surface area (Å²) in [6.45, 7) is 5.44. The third-order valence-corrected chi connectivity index (χ3v) is 9.47. The Bertz CT molecular complexity index is 1550. The molecule has 0 amide bonds. The van der Waals surface area contributed by atoms with Gasteiger partial charge < -0.3 is 20.2 Å². The molecule has 0 saturated carbocycles. The second kappa shape index (κ2) is 11.5. The summed E-state index contributed by atoms with van der Waals surface area (Å²) in [5.41, 5.74) is 3.16. The predicted molar refractivity (Wildman–Crippen MR) is 161 cm³/mol. The van der Waals surface area contributed by atoms with E-state index in [9.17, 15) is 19.8 Å². The van der Waals surface area contributed by atoms with E-state index in [2.05, 4.69) is 9.80 Å². The number of fused-ring (bicyclic) bond motifs is 1. The number of phenolic OH excluding ortho intramolecular Hbond substituents is 2. The molecule has 0 spiro atoms. The predicted octanol–water partition coefficient (Wildman–Crippen LogP) is 4.88. The summed E-state index contributed by atoms with van der Waals surface area (Å²) in [5, 5.41) is 29.6. The molecule has 0 bridgehead atoms. The number of carbonyl (C=O) groups excluding carboxylic acids is 1. The van der Waals surface area contributed by atoms with Crippen LogP contribution in [0.2, 0.25) is 0 Å². The fourth-order valence-corrected chi connectivity index (χ4v) is 7.30. The van der Waals surface area contributed by atoms with E-state index < -0.39 is 5.97 Å². The van der Waals surface area contributed by atoms with Crippen molar-refractivity contribution in [2.45, 2.75) is 18.9 Å². The quantitative estimate of drug-likeness (QED) is 0.270. The molecule has 8 nitrogen and oxygen atoms in total. The summed E-state index contributed by atoms with van der Waals surface area (Å²) >= 11 is 1.46. The highest BCUT2D eigenvalue weighted by atomic mass is 32.1. The lowest BCUT2D eigenvalue weighted by Crippen LogP contribution is -2.53. The number of thiophene rings is 1. The number of carboxylic acid groups (broad SMARTS) is 1. The van der Waals surface area contributed by atoms with Crippen molar-refractivity contribution in [2.24, 2.45) is 0 Å². The Kier molecular flexibility index (Phi) is 7.66. The number of anilines is 1. The minimum absolute atomic E-state index is 0.0719. The van der Waals surface area contributed by atoms with Crippen molar-refractivity contribution in [3.05, 3.63) is 77.9 Å². The van der Waals surface area contributed by atoms with Gasteiger partial charge in [-0.25, -0.2) is 0 Å². The molecule has 2 aliphatic rings. The number of piperidine rings is 1. The van der Waals surface area contributed by atoms with Crippen LogP contribution in [0.15, 0.2) is 66.7 Å². The third kappa shape index (κ3) is 5.79. The number of carboxylic acids is 1. The molecule has 2 aliphatic heterocycles. The van der Waals surface area contributed by atoms with E-state index in [0.717, 1.165) is 78.3 Å². The highest BCUT2D eigenvalue weighted by Crippen LogP contribution is 2.41. The first kappa shape index (κ1) is 27.3. The van der Waals surface area contributed by atoms with Crippen LogP contribution in [-0.2, 0) is 4.79 Å². The summed E-state index contributed by atoms with van der Waals surface area (Å²) in [4.78, 5) is 32.6. The van der Waals surface area contributed by atoms with Gasteiger partial charge in [-0.15, -0.1) is 11.3 Å². The molecule has 41 heavy (non-hydrogen) atoms. The number of piperazine rings is 1. The summed E-state index contributed by atoms with van der Waals surface area (Å²) in [6, 6.07) is 20.3. The molecular weight excluding hydrogens is 538 g/mol. The minimum Gasteiger partial charge on any atom is -0.508 e. The lowest BCUT2D eigenvalue weighted by Gasteiger charge is -2.43. The van der Waals surface area contributed by atoms with E-state index in [0.29, 0.717) is 17.2 Å². The average molecular weight is 572 g/mol. The van der Waals surface area contributed by atoms with E-state index >= 15 is 0 Å². The van der Waals surface area contributed by atoms with Crippen LogP contribution in [0.25, 0.3) is 20.5 Å². The van der Waals surface area contributed by atoms with E-state index in [-0.39, 0.29) is 23.8 Å². The topological polar surface area (TPSA) is 105 Å². The van der Waals surface area contributed by atoms with Crippen LogP contribution < -0.4 is 4.90 Å². The number of carbonyl (C=O) groups is 2. The van der Waals surface area contributed by atoms with Gasteiger partial charge in [-0.3, -0.25) is 19.4 Å². The molecule has 4 aromatic rings. The Morgan fingerprint density at radius 1 is 0.805 bits per heavy atom. The van der Waals surface area contributed by atoms with Crippen LogP contribution in [0.5, 0.6) is 11.5 Å². The Morgan fingerprint density at radius 3 is 2.12 bits per heavy atom. The maximum atomic E-state index is 13.9. The van der Waals surface area contributed by atoms with Gasteiger partial charge in [0.2, 0.25) is 0 Å². The number of hydrogen-bond acceptors (Lipinski definition) is 8. The van der Waals surface area contributed by atoms with Gasteiger partial charge in [0.25, 0.3) is 0 Å². The van der Waals surface area contributed by atoms with Gasteiger partial charge in [-0.1, -0.05) is 0 Å². The lowest BCUT2D eigenvalue weighted by atomic mass is 9.97. The number of aromatic hydroxyl groups is 2. The molecule has 0 radical (unpaired) electrons. The lowest BCUT2D eigenvalue weighted by molar-refractivity contribution is -0.138. The molecule has 6 rings (SSSR count). The normalized spacial score (nSPS) is 17.2. The van der Waals surface area contributed by atoms with Gasteiger partial charge in [-0.2, -0.15) is 0 Å². The standard InChI is InChI=1S/C32H33N3O5S/c36-25-7-3-22(4-8-25)32-30(27-10-9-26(37)19-28(27)41-32)31(40)21-1-5-23(6-2-21)34-13-11-24(12-14-34)35-17-15-33(16-18-35)20-29(38)39/h1-10,19,24,36-37H,11-18,20H2,(H,38,39). The molecule has 1 aromatic heterocycles. The molecule has 3 N–H and O–H groups in total. The molecule has 2 saturated heterocycles. The van der Waals surface area contributed by atoms with E-state index in [1.54, 1.807) is 42.5 Å². The molecule has 9 heteroatoms. The van der Waals surface area contributed by atoms with Crippen LogP contribution >= 0.6 is 11.3 Å². The number of phenols is 2. The maximum absolute atomic E-state index is 13.9. The molecule has 0 aliphatic carbocycles. The first-order chi connectivity index (χ1) is 19.9. The Morgan fingerprint density at radius 2 is 1.46 bits per heavy atom. The monoisotopic (exact) mass is 571 g/mol. The van der Waals surface area contributed by atoms with Crippen molar-refractivity contribution in [3.8, 4) is 21.9 Å². The van der Waals surface area contributed by atoms with Crippen molar-refractivity contribution >= 4 is 38.9 Å². The largest absolute Gasteiger partial charge is 0.508 e. The van der Waals surface area contributed by atoms with Crippen LogP contribution in [0, 0.1) is 0 Å². The summed E-state index contributed by atoms with van der Waals surface area (Å²) in [6.07, 6.45) is 2.12. The second-order valence-electron chi connectivity index (χ2n) is 10.8. The van der Waals surface area contributed by atoms with Crippen LogP contribution in [0.4, 0.5) is 5.69 Å². The summed E-state index contributed by atoms with van der Waals surface area (Å²) in [5.74, 6) is -0.513. The number of benzene rings is 3. The van der Waals surface area contributed by atoms with Gasteiger partial charge in [0.15, 0.2) is 5.78 Å². The van der Waals surface area contributed by atoms with Crippen molar-refractivity contribution in [1.29, 1.82) is 0 Å². The number of aliphatic carboxylic acids is 1. The molecular formula is C32H33N3O5S. The second-order valence-corrected chi connectivity index (χ2v) is 11.9. The summed E-state index contributed by atoms with van der Waals surface area (Å²) in [7, 11) is 0. The van der Waals surface area contributed by atoms with E-state index in [1.165, 1.54) is 11.3 Å². The highest BCUT2D eigenvalue weighted by Gasteiger charge is 2.28. The Balaban J connectivity index is 1.15. The van der Waals surface area contributed by atoms with Crippen molar-refractivity contribution in [2.75, 3.05) is 50.7 Å². The van der Waals surface area contributed by atoms with Gasteiger partial charge in [0.1, 0.15) is 11.5 Å². The molecule has 2 fully saturated rings. The average Bonchev–Trinajstić information content (AvgIpc) is 3.36. The minimum atomic E-state index is -0.763. The molecule has 0 unspecified atom stereocenters. The SMILES string of the molecule is O=C(O)CN1CCN(C2CCN(c3ccc(C(=O)c4c(-c5ccc(O)cc5)sc5cc(O)ccc45)cc3)CC2)CC1. The van der Waals surface area contributed by atoms with E-state index in [1.807, 2.05) is 29.2 Å². The van der Waals surface area contributed by atoms with Gasteiger partial charge in [0.05, 0.1) is 6.54 Å². The van der Waals surface area contributed by atoms with E-state index in [4.69, 9.17) is 5.11 Å². The van der Waals surface area contributed by atoms with Crippen LogP contribution in [0.1, 0.15) is 28.8 Å². The molecule has 0 atom stereocenters.